The molecule has 0 aromatic heterocycles. The Morgan fingerprint density at radius 1 is 1.32 bits per heavy atom. The van der Waals surface area contributed by atoms with Crippen molar-refractivity contribution in [3.63, 3.8) is 0 Å². The third-order valence-corrected chi connectivity index (χ3v) is 4.98. The minimum Gasteiger partial charge on any atom is -0.492 e. The first-order valence-corrected chi connectivity index (χ1v) is 7.85. The molecule has 6 heteroatoms. The standard InChI is InChI=1S/C13H20FNO3S/c1-9(2)19(16,17)7-6-18-13-5-4-11(14)8-12(13)10(3)15/h4-5,8-10H,6-7,15H2,1-3H3/t10-/m0/s1. The van der Waals surface area contributed by atoms with Crippen LogP contribution in [0.1, 0.15) is 32.4 Å². The Bertz CT molecular complexity index is 527. The number of hydrogen-bond donors (Lipinski definition) is 1. The second-order valence-electron chi connectivity index (χ2n) is 4.74. The second-order valence-corrected chi connectivity index (χ2v) is 7.41. The molecule has 0 heterocycles. The summed E-state index contributed by atoms with van der Waals surface area (Å²) in [5.41, 5.74) is 6.25. The van der Waals surface area contributed by atoms with Crippen LogP contribution in [-0.4, -0.2) is 26.0 Å². The molecule has 1 atom stereocenters. The van der Waals surface area contributed by atoms with E-state index in [1.165, 1.54) is 18.2 Å². The molecule has 0 radical (unpaired) electrons. The second kappa shape index (κ2) is 6.34. The van der Waals surface area contributed by atoms with Gasteiger partial charge in [-0.2, -0.15) is 0 Å². The predicted molar refractivity (Wildman–Crippen MR) is 73.4 cm³/mol. The summed E-state index contributed by atoms with van der Waals surface area (Å²) in [4.78, 5) is 0. The lowest BCUT2D eigenvalue weighted by Gasteiger charge is -2.14. The lowest BCUT2D eigenvalue weighted by molar-refractivity contribution is 0.334. The number of rotatable bonds is 6. The largest absolute Gasteiger partial charge is 0.492 e. The van der Waals surface area contributed by atoms with Gasteiger partial charge in [0.25, 0.3) is 0 Å². The molecule has 0 aliphatic carbocycles. The molecule has 108 valence electrons. The topological polar surface area (TPSA) is 69.4 Å². The highest BCUT2D eigenvalue weighted by Gasteiger charge is 2.17. The predicted octanol–water partition coefficient (Wildman–Crippen LogP) is 2.05. The molecule has 2 N–H and O–H groups in total. The Kier molecular flexibility index (Phi) is 5.31. The van der Waals surface area contributed by atoms with E-state index in [1.807, 2.05) is 0 Å². The summed E-state index contributed by atoms with van der Waals surface area (Å²) in [6.45, 7) is 5.00. The van der Waals surface area contributed by atoms with Crippen LogP contribution in [0, 0.1) is 5.82 Å². The van der Waals surface area contributed by atoms with Gasteiger partial charge in [0.15, 0.2) is 9.84 Å². The highest BCUT2D eigenvalue weighted by Crippen LogP contribution is 2.24. The van der Waals surface area contributed by atoms with Gasteiger partial charge in [-0.1, -0.05) is 0 Å². The average Bonchev–Trinajstić information content (AvgIpc) is 2.30. The van der Waals surface area contributed by atoms with E-state index in [0.717, 1.165) is 0 Å². The number of benzene rings is 1. The van der Waals surface area contributed by atoms with Gasteiger partial charge in [-0.3, -0.25) is 0 Å². The molecule has 0 saturated heterocycles. The van der Waals surface area contributed by atoms with Gasteiger partial charge in [-0.25, -0.2) is 12.8 Å². The quantitative estimate of drug-likeness (QED) is 0.870. The van der Waals surface area contributed by atoms with E-state index in [-0.39, 0.29) is 18.4 Å². The fraction of sp³-hybridized carbons (Fsp3) is 0.538. The van der Waals surface area contributed by atoms with Crippen molar-refractivity contribution in [1.29, 1.82) is 0 Å². The number of halogens is 1. The number of ether oxygens (including phenoxy) is 1. The molecule has 1 rings (SSSR count). The molecule has 1 aromatic carbocycles. The highest BCUT2D eigenvalue weighted by molar-refractivity contribution is 7.91. The SMILES string of the molecule is CC(C)S(=O)(=O)CCOc1ccc(F)cc1[C@H](C)N. The summed E-state index contributed by atoms with van der Waals surface area (Å²) in [6.07, 6.45) is 0. The fourth-order valence-electron chi connectivity index (χ4n) is 1.51. The molecular formula is C13H20FNO3S. The summed E-state index contributed by atoms with van der Waals surface area (Å²) in [5.74, 6) is -0.0368. The molecule has 0 saturated carbocycles. The van der Waals surface area contributed by atoms with Gasteiger partial charge in [-0.15, -0.1) is 0 Å². The molecule has 0 aliphatic heterocycles. The van der Waals surface area contributed by atoms with Crippen molar-refractivity contribution in [2.45, 2.75) is 32.1 Å². The van der Waals surface area contributed by atoms with E-state index in [2.05, 4.69) is 0 Å². The highest BCUT2D eigenvalue weighted by atomic mass is 32.2. The lowest BCUT2D eigenvalue weighted by atomic mass is 10.1. The van der Waals surface area contributed by atoms with Gasteiger partial charge in [0.05, 0.1) is 11.0 Å². The van der Waals surface area contributed by atoms with Crippen LogP contribution in [0.15, 0.2) is 18.2 Å². The Morgan fingerprint density at radius 3 is 2.47 bits per heavy atom. The van der Waals surface area contributed by atoms with Crippen LogP contribution >= 0.6 is 0 Å². The minimum absolute atomic E-state index is 0.0336. The van der Waals surface area contributed by atoms with Crippen molar-refractivity contribution in [2.24, 2.45) is 5.73 Å². The Hall–Kier alpha value is -1.14. The maximum absolute atomic E-state index is 13.1. The minimum atomic E-state index is -3.14. The van der Waals surface area contributed by atoms with Gasteiger partial charge in [-0.05, 0) is 39.0 Å². The summed E-state index contributed by atoms with van der Waals surface area (Å²) in [7, 11) is -3.14. The van der Waals surface area contributed by atoms with E-state index in [4.69, 9.17) is 10.5 Å². The van der Waals surface area contributed by atoms with E-state index in [0.29, 0.717) is 11.3 Å². The number of sulfone groups is 1. The Morgan fingerprint density at radius 2 is 1.95 bits per heavy atom. The van der Waals surface area contributed by atoms with Crippen LogP contribution in [0.4, 0.5) is 4.39 Å². The molecule has 0 unspecified atom stereocenters. The first-order chi connectivity index (χ1) is 8.74. The molecular weight excluding hydrogens is 269 g/mol. The maximum Gasteiger partial charge on any atom is 0.155 e. The molecule has 4 nitrogen and oxygen atoms in total. The summed E-state index contributed by atoms with van der Waals surface area (Å²) < 4.78 is 41.8. The van der Waals surface area contributed by atoms with Gasteiger partial charge in [0, 0.05) is 11.6 Å². The van der Waals surface area contributed by atoms with E-state index >= 15 is 0 Å². The average molecular weight is 289 g/mol. The summed E-state index contributed by atoms with van der Waals surface area (Å²) in [5, 5.41) is -0.433. The zero-order valence-corrected chi connectivity index (χ0v) is 12.2. The van der Waals surface area contributed by atoms with Crippen molar-refractivity contribution in [2.75, 3.05) is 12.4 Å². The van der Waals surface area contributed by atoms with Crippen molar-refractivity contribution >= 4 is 9.84 Å². The van der Waals surface area contributed by atoms with Gasteiger partial charge in [0.1, 0.15) is 18.2 Å². The number of nitrogens with two attached hydrogens (primary N) is 1. The first kappa shape index (κ1) is 15.9. The van der Waals surface area contributed by atoms with Crippen LogP contribution < -0.4 is 10.5 Å². The van der Waals surface area contributed by atoms with Crippen molar-refractivity contribution in [1.82, 2.24) is 0 Å². The van der Waals surface area contributed by atoms with Crippen molar-refractivity contribution in [3.05, 3.63) is 29.6 Å². The van der Waals surface area contributed by atoms with E-state index in [9.17, 15) is 12.8 Å². The fourth-order valence-corrected chi connectivity index (χ4v) is 2.30. The smallest absolute Gasteiger partial charge is 0.155 e. The zero-order valence-electron chi connectivity index (χ0n) is 11.4. The lowest BCUT2D eigenvalue weighted by Crippen LogP contribution is -2.22. The van der Waals surface area contributed by atoms with Crippen LogP contribution in [0.5, 0.6) is 5.75 Å². The maximum atomic E-state index is 13.1. The van der Waals surface area contributed by atoms with Crippen LogP contribution in [0.2, 0.25) is 0 Å². The van der Waals surface area contributed by atoms with Gasteiger partial charge < -0.3 is 10.5 Å². The molecule has 0 fully saturated rings. The molecule has 1 aromatic rings. The molecule has 0 aliphatic rings. The first-order valence-electron chi connectivity index (χ1n) is 6.13. The summed E-state index contributed by atoms with van der Waals surface area (Å²) >= 11 is 0. The van der Waals surface area contributed by atoms with E-state index in [1.54, 1.807) is 20.8 Å². The Labute approximate surface area is 113 Å². The zero-order chi connectivity index (χ0) is 14.6. The monoisotopic (exact) mass is 289 g/mol. The number of hydrogen-bond acceptors (Lipinski definition) is 4. The van der Waals surface area contributed by atoms with Crippen molar-refractivity contribution < 1.29 is 17.5 Å². The van der Waals surface area contributed by atoms with Crippen LogP contribution in [0.3, 0.4) is 0 Å². The van der Waals surface area contributed by atoms with Gasteiger partial charge in [0.2, 0.25) is 0 Å². The Balaban J connectivity index is 2.74. The third kappa shape index (κ3) is 4.47. The normalized spacial score (nSPS) is 13.6. The van der Waals surface area contributed by atoms with Crippen LogP contribution in [-0.2, 0) is 9.84 Å². The van der Waals surface area contributed by atoms with E-state index < -0.39 is 20.9 Å². The molecule has 0 spiro atoms. The third-order valence-electron chi connectivity index (χ3n) is 2.81. The summed E-state index contributed by atoms with van der Waals surface area (Å²) in [6, 6.07) is 3.65. The van der Waals surface area contributed by atoms with Gasteiger partial charge >= 0.3 is 0 Å². The molecule has 0 bridgehead atoms. The molecule has 19 heavy (non-hydrogen) atoms. The van der Waals surface area contributed by atoms with Crippen molar-refractivity contribution in [3.8, 4) is 5.75 Å². The van der Waals surface area contributed by atoms with Crippen LogP contribution in [0.25, 0.3) is 0 Å². The molecule has 0 amide bonds.